The van der Waals surface area contributed by atoms with Crippen molar-refractivity contribution >= 4 is 30.6 Å². The summed E-state index contributed by atoms with van der Waals surface area (Å²) >= 11 is 0. The second-order valence-electron chi connectivity index (χ2n) is 6.72. The van der Waals surface area contributed by atoms with Crippen LogP contribution in [-0.2, 0) is 6.54 Å². The molecule has 146 valence electrons. The monoisotopic (exact) mass is 369 g/mol. The Morgan fingerprint density at radius 2 is 2.00 bits per heavy atom. The molecule has 0 radical (unpaired) electrons. The van der Waals surface area contributed by atoms with Crippen LogP contribution in [0, 0.1) is 5.92 Å². The van der Waals surface area contributed by atoms with E-state index in [-0.39, 0.29) is 0 Å². The summed E-state index contributed by atoms with van der Waals surface area (Å²) in [5.74, 6) is 1.13. The van der Waals surface area contributed by atoms with E-state index < -0.39 is 0 Å². The molecule has 2 rings (SSSR count). The summed E-state index contributed by atoms with van der Waals surface area (Å²) in [6.45, 7) is 17.5. The maximum absolute atomic E-state index is 4.76. The smallest absolute Gasteiger partial charge is 0.154 e. The Hall–Kier alpha value is -2.54. The molecule has 2 aromatic heterocycles. The maximum atomic E-state index is 4.76. The van der Waals surface area contributed by atoms with Gasteiger partial charge in [0, 0.05) is 24.8 Å². The van der Waals surface area contributed by atoms with E-state index in [2.05, 4.69) is 59.9 Å². The molecular formula is C20H31N7. The first-order valence-corrected chi connectivity index (χ1v) is 9.58. The summed E-state index contributed by atoms with van der Waals surface area (Å²) in [6.07, 6.45) is 5.99. The fraction of sp³-hybridized carbons (Fsp3) is 0.500. The molecule has 7 heteroatoms. The number of rotatable bonds is 12. The highest BCUT2D eigenvalue weighted by Gasteiger charge is 2.14. The zero-order valence-electron chi connectivity index (χ0n) is 16.7. The Morgan fingerprint density at radius 3 is 2.67 bits per heavy atom. The van der Waals surface area contributed by atoms with Gasteiger partial charge in [-0.15, -0.1) is 0 Å². The van der Waals surface area contributed by atoms with E-state index in [1.54, 1.807) is 0 Å². The first kappa shape index (κ1) is 20.8. The third-order valence-electron chi connectivity index (χ3n) is 4.22. The van der Waals surface area contributed by atoms with Gasteiger partial charge in [0.1, 0.15) is 5.69 Å². The van der Waals surface area contributed by atoms with Crippen molar-refractivity contribution in [3.8, 4) is 11.3 Å². The molecule has 0 fully saturated rings. The van der Waals surface area contributed by atoms with Gasteiger partial charge < -0.3 is 10.6 Å². The fourth-order valence-corrected chi connectivity index (χ4v) is 2.79. The lowest BCUT2D eigenvalue weighted by Gasteiger charge is -2.16. The number of hydrogen-bond donors (Lipinski definition) is 2. The fourth-order valence-electron chi connectivity index (χ4n) is 2.79. The number of nitrogens with one attached hydrogen (secondary N) is 2. The highest BCUT2D eigenvalue weighted by Crippen LogP contribution is 2.37. The van der Waals surface area contributed by atoms with Crippen molar-refractivity contribution in [3.63, 3.8) is 0 Å². The molecule has 0 aliphatic rings. The molecule has 1 unspecified atom stereocenters. The average molecular weight is 370 g/mol. The summed E-state index contributed by atoms with van der Waals surface area (Å²) in [6, 6.07) is 1.88. The molecular weight excluding hydrogens is 338 g/mol. The van der Waals surface area contributed by atoms with E-state index >= 15 is 0 Å². The standard InChI is InChI=1S/C20H31N7/c1-6-8-23-11-15(3)12-24-20-19(22-5)18(21-4)10-17(26-20)16-13-25-27(14-16)9-7-2/h10,13-15,23H,4-9,11-12H2,1-3H3,(H,24,26). The van der Waals surface area contributed by atoms with Crippen LogP contribution in [-0.4, -0.2) is 47.8 Å². The van der Waals surface area contributed by atoms with Crippen LogP contribution in [0.25, 0.3) is 11.3 Å². The average Bonchev–Trinajstić information content (AvgIpc) is 3.14. The van der Waals surface area contributed by atoms with Gasteiger partial charge in [-0.05, 0) is 51.4 Å². The van der Waals surface area contributed by atoms with Gasteiger partial charge in [-0.1, -0.05) is 20.8 Å². The SMILES string of the molecule is C=Nc1cc(-c2cnn(CCC)c2)nc(NCC(C)CNCCC)c1N=C. The van der Waals surface area contributed by atoms with Crippen molar-refractivity contribution in [3.05, 3.63) is 18.5 Å². The van der Waals surface area contributed by atoms with Crippen molar-refractivity contribution in [2.24, 2.45) is 15.9 Å². The number of anilines is 1. The van der Waals surface area contributed by atoms with Crippen molar-refractivity contribution in [1.29, 1.82) is 0 Å². The number of aliphatic imine (C=N–C) groups is 2. The van der Waals surface area contributed by atoms with E-state index in [1.165, 1.54) is 0 Å². The van der Waals surface area contributed by atoms with Crippen molar-refractivity contribution in [1.82, 2.24) is 20.1 Å². The first-order chi connectivity index (χ1) is 13.1. The van der Waals surface area contributed by atoms with Gasteiger partial charge in [-0.2, -0.15) is 5.10 Å². The van der Waals surface area contributed by atoms with Gasteiger partial charge >= 0.3 is 0 Å². The van der Waals surface area contributed by atoms with Crippen LogP contribution in [0.5, 0.6) is 0 Å². The minimum absolute atomic E-state index is 0.451. The molecule has 0 saturated heterocycles. The summed E-state index contributed by atoms with van der Waals surface area (Å²) in [5, 5.41) is 11.2. The quantitative estimate of drug-likeness (QED) is 0.437. The van der Waals surface area contributed by atoms with E-state index in [0.717, 1.165) is 50.3 Å². The van der Waals surface area contributed by atoms with Gasteiger partial charge in [0.05, 0.1) is 17.6 Å². The molecule has 0 saturated carbocycles. The lowest BCUT2D eigenvalue weighted by Crippen LogP contribution is -2.26. The summed E-state index contributed by atoms with van der Waals surface area (Å²) < 4.78 is 1.92. The lowest BCUT2D eigenvalue weighted by atomic mass is 10.1. The lowest BCUT2D eigenvalue weighted by molar-refractivity contribution is 0.532. The molecule has 7 nitrogen and oxygen atoms in total. The van der Waals surface area contributed by atoms with Gasteiger partial charge in [0.2, 0.25) is 0 Å². The molecule has 0 aliphatic heterocycles. The molecule has 0 spiro atoms. The third-order valence-corrected chi connectivity index (χ3v) is 4.22. The predicted octanol–water partition coefficient (Wildman–Crippen LogP) is 4.07. The van der Waals surface area contributed by atoms with Crippen molar-refractivity contribution in [2.45, 2.75) is 40.2 Å². The largest absolute Gasteiger partial charge is 0.368 e. The molecule has 1 atom stereocenters. The molecule has 2 aromatic rings. The molecule has 2 heterocycles. The molecule has 0 amide bonds. The van der Waals surface area contributed by atoms with Crippen molar-refractivity contribution < 1.29 is 0 Å². The number of pyridine rings is 1. The molecule has 0 aromatic carbocycles. The molecule has 27 heavy (non-hydrogen) atoms. The van der Waals surface area contributed by atoms with Crippen LogP contribution in [0.3, 0.4) is 0 Å². The van der Waals surface area contributed by atoms with Crippen LogP contribution >= 0.6 is 0 Å². The highest BCUT2D eigenvalue weighted by atomic mass is 15.3. The second kappa shape index (κ2) is 10.6. The van der Waals surface area contributed by atoms with E-state index in [9.17, 15) is 0 Å². The Bertz CT molecular complexity index is 751. The van der Waals surface area contributed by atoms with E-state index in [0.29, 0.717) is 23.1 Å². The minimum atomic E-state index is 0.451. The number of hydrogen-bond acceptors (Lipinski definition) is 6. The third kappa shape index (κ3) is 5.72. The van der Waals surface area contributed by atoms with Gasteiger partial charge in [-0.25, -0.2) is 4.98 Å². The molecule has 0 aliphatic carbocycles. The maximum Gasteiger partial charge on any atom is 0.154 e. The van der Waals surface area contributed by atoms with Crippen LogP contribution < -0.4 is 10.6 Å². The summed E-state index contributed by atoms with van der Waals surface area (Å²) in [5.41, 5.74) is 3.04. The zero-order chi connectivity index (χ0) is 19.6. The van der Waals surface area contributed by atoms with Crippen molar-refractivity contribution in [2.75, 3.05) is 25.0 Å². The van der Waals surface area contributed by atoms with Gasteiger partial charge in [-0.3, -0.25) is 14.7 Å². The first-order valence-electron chi connectivity index (χ1n) is 9.58. The number of aromatic nitrogens is 3. The Balaban J connectivity index is 2.23. The van der Waals surface area contributed by atoms with Crippen LogP contribution in [0.1, 0.15) is 33.6 Å². The zero-order valence-corrected chi connectivity index (χ0v) is 16.7. The second-order valence-corrected chi connectivity index (χ2v) is 6.72. The Labute approximate surface area is 162 Å². The Kier molecular flexibility index (Phi) is 8.13. The highest BCUT2D eigenvalue weighted by molar-refractivity contribution is 5.82. The summed E-state index contributed by atoms with van der Waals surface area (Å²) in [4.78, 5) is 13.0. The van der Waals surface area contributed by atoms with Crippen LogP contribution in [0.4, 0.5) is 17.2 Å². The Morgan fingerprint density at radius 1 is 1.19 bits per heavy atom. The van der Waals surface area contributed by atoms with Crippen LogP contribution in [0.2, 0.25) is 0 Å². The van der Waals surface area contributed by atoms with E-state index in [1.807, 2.05) is 23.1 Å². The van der Waals surface area contributed by atoms with Gasteiger partial charge in [0.15, 0.2) is 5.82 Å². The topological polar surface area (TPSA) is 79.5 Å². The normalized spacial score (nSPS) is 12.0. The summed E-state index contributed by atoms with van der Waals surface area (Å²) in [7, 11) is 0. The van der Waals surface area contributed by atoms with Crippen LogP contribution in [0.15, 0.2) is 28.4 Å². The minimum Gasteiger partial charge on any atom is -0.368 e. The predicted molar refractivity (Wildman–Crippen MR) is 115 cm³/mol. The molecule has 2 N–H and O–H groups in total. The number of aryl methyl sites for hydroxylation is 1. The van der Waals surface area contributed by atoms with Gasteiger partial charge in [0.25, 0.3) is 0 Å². The van der Waals surface area contributed by atoms with E-state index in [4.69, 9.17) is 4.98 Å². The molecule has 0 bridgehead atoms. The number of nitrogens with zero attached hydrogens (tertiary/aromatic N) is 5.